The molecule has 1 aromatic rings. The molecule has 0 bridgehead atoms. The number of Topliss-reactive ketones (excluding diaryl/α,β-unsaturated/α-hetero) is 1. The second-order valence-corrected chi connectivity index (χ2v) is 4.42. The third-order valence-electron chi connectivity index (χ3n) is 2.94. The highest BCUT2D eigenvalue weighted by Gasteiger charge is 2.03. The zero-order chi connectivity index (χ0) is 12.1. The van der Waals surface area contributed by atoms with E-state index in [2.05, 4.69) is 17.9 Å². The molecule has 0 atom stereocenters. The summed E-state index contributed by atoms with van der Waals surface area (Å²) in [6, 6.07) is 7.55. The fourth-order valence-corrected chi connectivity index (χ4v) is 1.87. The first-order valence-electron chi connectivity index (χ1n) is 6.08. The molecule has 0 aliphatic heterocycles. The highest BCUT2D eigenvalue weighted by atomic mass is 16.1. The summed E-state index contributed by atoms with van der Waals surface area (Å²) >= 11 is 0. The smallest absolute Gasteiger partial charge is 0.236 e. The molecule has 1 aromatic carbocycles. The maximum atomic E-state index is 11.8. The molecular weight excluding hydrogens is 208 g/mol. The van der Waals surface area contributed by atoms with Gasteiger partial charge < -0.3 is 0 Å². The summed E-state index contributed by atoms with van der Waals surface area (Å²) in [6.07, 6.45) is 6.71. The molecule has 17 heavy (non-hydrogen) atoms. The molecule has 0 fully saturated rings. The van der Waals surface area contributed by atoms with Gasteiger partial charge in [-0.3, -0.25) is 4.79 Å². The quantitative estimate of drug-likeness (QED) is 0.404. The maximum absolute atomic E-state index is 11.8. The monoisotopic (exact) mass is 224 g/mol. The number of allylic oxidation sites excluding steroid dienone is 2. The van der Waals surface area contributed by atoms with Crippen LogP contribution in [0.5, 0.6) is 0 Å². The Kier molecular flexibility index (Phi) is 3.77. The number of ketones is 1. The molecule has 1 nitrogen and oxygen atoms in total. The van der Waals surface area contributed by atoms with Gasteiger partial charge in [0.15, 0.2) is 0 Å². The molecule has 1 aliphatic carbocycles. The number of hydrogen-bond acceptors (Lipinski definition) is 1. The van der Waals surface area contributed by atoms with Crippen LogP contribution < -0.4 is 0 Å². The van der Waals surface area contributed by atoms with Crippen LogP contribution in [-0.4, -0.2) is 5.78 Å². The van der Waals surface area contributed by atoms with Gasteiger partial charge >= 0.3 is 0 Å². The Morgan fingerprint density at radius 2 is 1.94 bits per heavy atom. The molecule has 0 unspecified atom stereocenters. The van der Waals surface area contributed by atoms with E-state index in [9.17, 15) is 4.79 Å². The lowest BCUT2D eigenvalue weighted by Gasteiger charge is -2.05. The molecule has 0 saturated heterocycles. The Bertz CT molecular complexity index is 495. The summed E-state index contributed by atoms with van der Waals surface area (Å²) in [5, 5.41) is 0. The lowest BCUT2D eigenvalue weighted by atomic mass is 10.00. The molecule has 0 heterocycles. The normalized spacial score (nSPS) is 14.5. The Balaban J connectivity index is 2.09. The van der Waals surface area contributed by atoms with Gasteiger partial charge in [0.1, 0.15) is 0 Å². The van der Waals surface area contributed by atoms with Crippen LogP contribution in [0.25, 0.3) is 0 Å². The van der Waals surface area contributed by atoms with E-state index >= 15 is 0 Å². The lowest BCUT2D eigenvalue weighted by Crippen LogP contribution is -1.95. The van der Waals surface area contributed by atoms with Crippen LogP contribution in [0.15, 0.2) is 35.9 Å². The lowest BCUT2D eigenvalue weighted by molar-refractivity contribution is 0.105. The first-order valence-corrected chi connectivity index (χ1v) is 6.08. The van der Waals surface area contributed by atoms with Gasteiger partial charge in [0.05, 0.1) is 0 Å². The summed E-state index contributed by atoms with van der Waals surface area (Å²) in [7, 11) is 0. The topological polar surface area (TPSA) is 17.1 Å². The Morgan fingerprint density at radius 3 is 2.59 bits per heavy atom. The van der Waals surface area contributed by atoms with Crippen molar-refractivity contribution in [3.8, 4) is 11.8 Å². The summed E-state index contributed by atoms with van der Waals surface area (Å²) in [5.74, 6) is 5.64. The molecular formula is C16H16O. The second kappa shape index (κ2) is 5.50. The van der Waals surface area contributed by atoms with Crippen LogP contribution in [-0.2, 0) is 0 Å². The average Bonchev–Trinajstić information content (AvgIpc) is 2.38. The molecule has 1 aliphatic rings. The molecule has 0 N–H and O–H groups in total. The van der Waals surface area contributed by atoms with Crippen molar-refractivity contribution in [1.82, 2.24) is 0 Å². The Hall–Kier alpha value is -1.81. The summed E-state index contributed by atoms with van der Waals surface area (Å²) in [5.41, 5.74) is 2.96. The number of hydrogen-bond donors (Lipinski definition) is 0. The van der Waals surface area contributed by atoms with Crippen LogP contribution >= 0.6 is 0 Å². The van der Waals surface area contributed by atoms with Gasteiger partial charge in [-0.05, 0) is 44.1 Å². The van der Waals surface area contributed by atoms with E-state index in [1.54, 1.807) is 0 Å². The third kappa shape index (κ3) is 3.32. The van der Waals surface area contributed by atoms with Gasteiger partial charge in [0.25, 0.3) is 0 Å². The van der Waals surface area contributed by atoms with Crippen LogP contribution in [0.1, 0.15) is 41.6 Å². The van der Waals surface area contributed by atoms with Gasteiger partial charge in [-0.15, -0.1) is 0 Å². The molecule has 0 amide bonds. The van der Waals surface area contributed by atoms with Crippen LogP contribution in [0, 0.1) is 18.8 Å². The molecule has 0 saturated carbocycles. The van der Waals surface area contributed by atoms with E-state index < -0.39 is 0 Å². The number of aryl methyl sites for hydroxylation is 1. The van der Waals surface area contributed by atoms with Gasteiger partial charge in [0.2, 0.25) is 5.78 Å². The van der Waals surface area contributed by atoms with Crippen molar-refractivity contribution < 1.29 is 4.79 Å². The largest absolute Gasteiger partial charge is 0.279 e. The predicted octanol–water partition coefficient (Wildman–Crippen LogP) is 3.68. The minimum Gasteiger partial charge on any atom is -0.279 e. The van der Waals surface area contributed by atoms with Gasteiger partial charge in [0, 0.05) is 5.56 Å². The second-order valence-electron chi connectivity index (χ2n) is 4.42. The zero-order valence-electron chi connectivity index (χ0n) is 10.1. The fraction of sp³-hybridized carbons (Fsp3) is 0.312. The van der Waals surface area contributed by atoms with E-state index in [1.807, 2.05) is 31.2 Å². The van der Waals surface area contributed by atoms with Crippen molar-refractivity contribution in [2.45, 2.75) is 32.6 Å². The summed E-state index contributed by atoms with van der Waals surface area (Å²) < 4.78 is 0. The standard InChI is InChI=1S/C16H16O/c1-13-7-10-15(11-8-13)16(17)12-9-14-5-3-2-4-6-14/h5,7-8,10-11H,2-4,6H2,1H3. The third-order valence-corrected chi connectivity index (χ3v) is 2.94. The zero-order valence-corrected chi connectivity index (χ0v) is 10.1. The van der Waals surface area contributed by atoms with E-state index in [4.69, 9.17) is 0 Å². The number of carbonyl (C=O) groups excluding carboxylic acids is 1. The Morgan fingerprint density at radius 1 is 1.18 bits per heavy atom. The summed E-state index contributed by atoms with van der Waals surface area (Å²) in [6.45, 7) is 2.01. The number of benzene rings is 1. The van der Waals surface area contributed by atoms with E-state index in [0.717, 1.165) is 24.0 Å². The minimum absolute atomic E-state index is 0.0866. The molecule has 0 radical (unpaired) electrons. The molecule has 1 heteroatoms. The molecule has 0 spiro atoms. The van der Waals surface area contributed by atoms with Gasteiger partial charge in [-0.25, -0.2) is 0 Å². The van der Waals surface area contributed by atoms with Crippen molar-refractivity contribution in [2.75, 3.05) is 0 Å². The molecule has 0 aromatic heterocycles. The minimum atomic E-state index is -0.0866. The molecule has 2 rings (SSSR count). The van der Waals surface area contributed by atoms with Crippen LogP contribution in [0.2, 0.25) is 0 Å². The molecule has 86 valence electrons. The number of carbonyl (C=O) groups is 1. The number of rotatable bonds is 1. The first kappa shape index (κ1) is 11.7. The Labute approximate surface area is 103 Å². The SMILES string of the molecule is Cc1ccc(C(=O)C#CC2=CCCCC2)cc1. The predicted molar refractivity (Wildman–Crippen MR) is 69.8 cm³/mol. The highest BCUT2D eigenvalue weighted by Crippen LogP contribution is 2.16. The van der Waals surface area contributed by atoms with E-state index in [0.29, 0.717) is 5.56 Å². The van der Waals surface area contributed by atoms with Crippen molar-refractivity contribution >= 4 is 5.78 Å². The maximum Gasteiger partial charge on any atom is 0.236 e. The summed E-state index contributed by atoms with van der Waals surface area (Å²) in [4.78, 5) is 11.8. The first-order chi connectivity index (χ1) is 8.25. The van der Waals surface area contributed by atoms with Crippen molar-refractivity contribution in [3.05, 3.63) is 47.0 Å². The van der Waals surface area contributed by atoms with Gasteiger partial charge in [-0.1, -0.05) is 41.8 Å². The van der Waals surface area contributed by atoms with Crippen LogP contribution in [0.3, 0.4) is 0 Å². The van der Waals surface area contributed by atoms with E-state index in [-0.39, 0.29) is 5.78 Å². The average molecular weight is 224 g/mol. The van der Waals surface area contributed by atoms with Crippen LogP contribution in [0.4, 0.5) is 0 Å². The van der Waals surface area contributed by atoms with Crippen molar-refractivity contribution in [1.29, 1.82) is 0 Å². The fourth-order valence-electron chi connectivity index (χ4n) is 1.87. The highest BCUT2D eigenvalue weighted by molar-refractivity contribution is 6.09. The van der Waals surface area contributed by atoms with Gasteiger partial charge in [-0.2, -0.15) is 0 Å². The van der Waals surface area contributed by atoms with Crippen molar-refractivity contribution in [2.24, 2.45) is 0 Å². The van der Waals surface area contributed by atoms with E-state index in [1.165, 1.54) is 12.8 Å². The van der Waals surface area contributed by atoms with Crippen molar-refractivity contribution in [3.63, 3.8) is 0 Å².